The first-order chi connectivity index (χ1) is 16.5. The summed E-state index contributed by atoms with van der Waals surface area (Å²) in [4.78, 5) is 25.6. The highest BCUT2D eigenvalue weighted by Crippen LogP contribution is 2.37. The molecule has 0 bridgehead atoms. The van der Waals surface area contributed by atoms with Gasteiger partial charge < -0.3 is 19.5 Å². The van der Waals surface area contributed by atoms with E-state index in [0.29, 0.717) is 22.0 Å². The third-order valence-electron chi connectivity index (χ3n) is 7.06. The number of amidine groups is 1. The van der Waals surface area contributed by atoms with Crippen LogP contribution < -0.4 is 10.1 Å². The second kappa shape index (κ2) is 9.21. The molecule has 10 heteroatoms. The second-order valence-corrected chi connectivity index (χ2v) is 9.01. The molecule has 0 spiro atoms. The second-order valence-electron chi connectivity index (χ2n) is 9.01. The molecular weight excluding hydrogens is 436 g/mol. The van der Waals surface area contributed by atoms with Crippen molar-refractivity contribution in [2.75, 3.05) is 58.9 Å². The minimum Gasteiger partial charge on any atom is -0.495 e. The van der Waals surface area contributed by atoms with Gasteiger partial charge in [0.05, 0.1) is 51.0 Å². The predicted molar refractivity (Wildman–Crippen MR) is 129 cm³/mol. The zero-order valence-corrected chi connectivity index (χ0v) is 19.6. The number of likely N-dealkylation sites (tertiary alicyclic amines) is 1. The molecule has 0 saturated carbocycles. The van der Waals surface area contributed by atoms with Crippen LogP contribution in [0.2, 0.25) is 0 Å². The van der Waals surface area contributed by atoms with Crippen molar-refractivity contribution < 1.29 is 23.9 Å². The highest BCUT2D eigenvalue weighted by Gasteiger charge is 2.45. The highest BCUT2D eigenvalue weighted by molar-refractivity contribution is 6.01. The zero-order chi connectivity index (χ0) is 23.7. The van der Waals surface area contributed by atoms with Gasteiger partial charge in [-0.1, -0.05) is 0 Å². The number of carbonyl (C=O) groups is 1. The van der Waals surface area contributed by atoms with Crippen LogP contribution in [0.3, 0.4) is 0 Å². The number of hydrogen-bond donors (Lipinski definition) is 2. The number of quaternary nitrogens is 1. The Hall–Kier alpha value is -3.21. The molecule has 0 aromatic heterocycles. The lowest BCUT2D eigenvalue weighted by Crippen LogP contribution is -2.49. The molecule has 1 unspecified atom stereocenters. The summed E-state index contributed by atoms with van der Waals surface area (Å²) >= 11 is 0. The van der Waals surface area contributed by atoms with Gasteiger partial charge in [-0.3, -0.25) is 15.2 Å². The van der Waals surface area contributed by atoms with E-state index >= 15 is 0 Å². The van der Waals surface area contributed by atoms with Crippen LogP contribution in [0.4, 0.5) is 10.5 Å². The molecule has 4 aliphatic heterocycles. The first kappa shape index (κ1) is 22.6. The van der Waals surface area contributed by atoms with E-state index in [9.17, 15) is 4.79 Å². The van der Waals surface area contributed by atoms with Crippen molar-refractivity contribution in [3.63, 3.8) is 0 Å². The van der Waals surface area contributed by atoms with E-state index in [1.807, 2.05) is 24.5 Å². The number of methoxy groups -OCH3 is 1. The quantitative estimate of drug-likeness (QED) is 0.646. The number of aliphatic imine (C=N–C) groups is 2. The Bertz CT molecular complexity index is 1080. The maximum absolute atomic E-state index is 11.1. The number of anilines is 1. The molecule has 4 heterocycles. The molecule has 2 fully saturated rings. The fraction of sp³-hybridized carbons (Fsp3) is 0.458. The monoisotopic (exact) mass is 467 g/mol. The van der Waals surface area contributed by atoms with Crippen molar-refractivity contribution >= 4 is 23.8 Å². The molecule has 180 valence electrons. The number of nitrogens with zero attached hydrogens (tertiary/aromatic N) is 5. The van der Waals surface area contributed by atoms with Crippen LogP contribution in [0.1, 0.15) is 18.4 Å². The van der Waals surface area contributed by atoms with Gasteiger partial charge >= 0.3 is 6.09 Å². The van der Waals surface area contributed by atoms with Crippen LogP contribution >= 0.6 is 0 Å². The summed E-state index contributed by atoms with van der Waals surface area (Å²) in [5.74, 6) is 2.26. The van der Waals surface area contributed by atoms with E-state index in [1.165, 1.54) is 7.11 Å². The van der Waals surface area contributed by atoms with Crippen molar-refractivity contribution in [3.8, 4) is 5.75 Å². The van der Waals surface area contributed by atoms with E-state index < -0.39 is 6.09 Å². The van der Waals surface area contributed by atoms with Gasteiger partial charge in [0.15, 0.2) is 5.82 Å². The molecule has 0 aliphatic carbocycles. The minimum atomic E-state index is -1.13. The lowest BCUT2D eigenvalue weighted by atomic mass is 10.0. The predicted octanol–water partition coefficient (Wildman–Crippen LogP) is 2.51. The summed E-state index contributed by atoms with van der Waals surface area (Å²) in [6.07, 6.45) is 6.79. The summed E-state index contributed by atoms with van der Waals surface area (Å²) in [7, 11) is 3.62. The summed E-state index contributed by atoms with van der Waals surface area (Å²) in [5.41, 5.74) is 2.30. The van der Waals surface area contributed by atoms with E-state index in [1.54, 1.807) is 12.3 Å². The van der Waals surface area contributed by atoms with Crippen LogP contribution in [0.15, 0.2) is 52.1 Å². The van der Waals surface area contributed by atoms with E-state index in [-0.39, 0.29) is 0 Å². The van der Waals surface area contributed by atoms with Gasteiger partial charge in [0.2, 0.25) is 11.5 Å². The number of fused-ring (bicyclic) bond motifs is 1. The summed E-state index contributed by atoms with van der Waals surface area (Å²) in [6.45, 7) is 5.57. The Morgan fingerprint density at radius 2 is 2.00 bits per heavy atom. The van der Waals surface area contributed by atoms with Crippen LogP contribution in [0, 0.1) is 0 Å². The summed E-state index contributed by atoms with van der Waals surface area (Å²) in [6, 6.07) is 6.01. The van der Waals surface area contributed by atoms with Crippen molar-refractivity contribution in [2.24, 2.45) is 9.98 Å². The van der Waals surface area contributed by atoms with Gasteiger partial charge in [-0.05, 0) is 31.0 Å². The number of morpholine rings is 1. The summed E-state index contributed by atoms with van der Waals surface area (Å²) in [5, 5.41) is 11.5. The molecule has 0 radical (unpaired) electrons. The number of carboxylic acid groups (broad SMARTS) is 1. The van der Waals surface area contributed by atoms with Crippen LogP contribution in [0.5, 0.6) is 5.75 Å². The number of piperidine rings is 1. The lowest BCUT2D eigenvalue weighted by molar-refractivity contribution is -0.713. The van der Waals surface area contributed by atoms with Crippen molar-refractivity contribution in [1.29, 1.82) is 0 Å². The molecule has 5 rings (SSSR count). The normalized spacial score (nSPS) is 25.4. The van der Waals surface area contributed by atoms with Crippen LogP contribution in [0.25, 0.3) is 0 Å². The van der Waals surface area contributed by atoms with Crippen molar-refractivity contribution in [1.82, 2.24) is 9.80 Å². The van der Waals surface area contributed by atoms with Gasteiger partial charge in [-0.2, -0.15) is 4.99 Å². The Labute approximate surface area is 199 Å². The molecule has 34 heavy (non-hydrogen) atoms. The third kappa shape index (κ3) is 4.08. The maximum atomic E-state index is 11.1. The third-order valence-corrected chi connectivity index (χ3v) is 7.06. The molecule has 1 atom stereocenters. The Morgan fingerprint density at radius 3 is 2.71 bits per heavy atom. The minimum absolute atomic E-state index is 0.398. The fourth-order valence-electron chi connectivity index (χ4n) is 5.20. The Balaban J connectivity index is 1.41. The number of ether oxygens (including phenoxy) is 2. The standard InChI is InChI=1S/C24H30N6O4/c1-30-12-7-25-16-20(30)22(29-8-5-18(6-9-29)28-10-13-34-14-11-28)27-23(30)17-3-4-19(26-24(31)32)21(15-17)33-2/h3-4,7,12,15-16,18H,5-6,8-11,13-14H2,1-2H3,(H-,25,26,27,31,32)/p+1. The van der Waals surface area contributed by atoms with E-state index in [2.05, 4.69) is 27.2 Å². The van der Waals surface area contributed by atoms with Gasteiger partial charge in [0, 0.05) is 32.2 Å². The number of nitrogens with one attached hydrogen (secondary N) is 1. The van der Waals surface area contributed by atoms with Gasteiger partial charge in [0.25, 0.3) is 0 Å². The SMILES string of the molecule is COc1cc(C2=NC(N3CCC(N4CCOCC4)CC3)=C3C=NC=C[N+]23C)ccc1NC(=O)O. The number of rotatable bonds is 5. The number of hydrogen-bond acceptors (Lipinski definition) is 7. The Kier molecular flexibility index (Phi) is 6.11. The lowest BCUT2D eigenvalue weighted by Gasteiger charge is -2.40. The fourth-order valence-corrected chi connectivity index (χ4v) is 5.20. The van der Waals surface area contributed by atoms with Gasteiger partial charge in [0.1, 0.15) is 11.9 Å². The van der Waals surface area contributed by atoms with Crippen molar-refractivity contribution in [2.45, 2.75) is 18.9 Å². The van der Waals surface area contributed by atoms with Crippen molar-refractivity contribution in [3.05, 3.63) is 47.7 Å². The van der Waals surface area contributed by atoms with E-state index in [4.69, 9.17) is 19.6 Å². The molecule has 4 aliphatic rings. The molecular formula is C24H31N6O4+. The van der Waals surface area contributed by atoms with E-state index in [0.717, 1.165) is 75.2 Å². The first-order valence-electron chi connectivity index (χ1n) is 11.7. The van der Waals surface area contributed by atoms with Crippen LogP contribution in [-0.2, 0) is 4.74 Å². The average Bonchev–Trinajstić information content (AvgIpc) is 3.17. The average molecular weight is 468 g/mol. The molecule has 1 aromatic rings. The maximum Gasteiger partial charge on any atom is 0.409 e. The molecule has 2 saturated heterocycles. The number of amides is 1. The van der Waals surface area contributed by atoms with Gasteiger partial charge in [-0.25, -0.2) is 9.28 Å². The first-order valence-corrected chi connectivity index (χ1v) is 11.7. The molecule has 1 aromatic carbocycles. The number of benzene rings is 1. The molecule has 2 N–H and O–H groups in total. The van der Waals surface area contributed by atoms with Gasteiger partial charge in [-0.15, -0.1) is 0 Å². The number of allylic oxidation sites excluding steroid dienone is 1. The zero-order valence-electron chi connectivity index (χ0n) is 19.6. The molecule has 10 nitrogen and oxygen atoms in total. The van der Waals surface area contributed by atoms with Crippen LogP contribution in [-0.4, -0.2) is 97.1 Å². The largest absolute Gasteiger partial charge is 0.495 e. The molecule has 1 amide bonds. The Morgan fingerprint density at radius 1 is 1.24 bits per heavy atom. The highest BCUT2D eigenvalue weighted by atomic mass is 16.5. The summed E-state index contributed by atoms with van der Waals surface area (Å²) < 4.78 is 11.4. The topological polar surface area (TPSA) is 99.0 Å². The smallest absolute Gasteiger partial charge is 0.409 e.